The number of rotatable bonds is 5. The van der Waals surface area contributed by atoms with Crippen molar-refractivity contribution in [1.29, 1.82) is 0 Å². The van der Waals surface area contributed by atoms with Crippen molar-refractivity contribution >= 4 is 11.0 Å². The van der Waals surface area contributed by atoms with E-state index < -0.39 is 0 Å². The summed E-state index contributed by atoms with van der Waals surface area (Å²) >= 11 is 0. The Labute approximate surface area is 143 Å². The second-order valence-electron chi connectivity index (χ2n) is 5.39. The number of aromatic nitrogens is 2. The van der Waals surface area contributed by atoms with E-state index in [0.717, 1.165) is 23.0 Å². The fourth-order valence-corrected chi connectivity index (χ4v) is 3.12. The number of imidazole rings is 1. The van der Waals surface area contributed by atoms with Crippen LogP contribution in [0.1, 0.15) is 38.8 Å². The van der Waals surface area contributed by atoms with E-state index in [4.69, 9.17) is 5.73 Å². The molecule has 1 aromatic heterocycles. The Morgan fingerprint density at radius 2 is 1.54 bits per heavy atom. The van der Waals surface area contributed by atoms with Crippen molar-refractivity contribution in [3.05, 3.63) is 70.6 Å². The third-order valence-electron chi connectivity index (χ3n) is 4.12. The number of aryl methyl sites for hydroxylation is 1. The molecule has 3 rings (SSSR count). The van der Waals surface area contributed by atoms with Gasteiger partial charge in [-0.3, -0.25) is 9.13 Å². The van der Waals surface area contributed by atoms with E-state index >= 15 is 0 Å². The van der Waals surface area contributed by atoms with Gasteiger partial charge in [0.05, 0.1) is 17.1 Å². The van der Waals surface area contributed by atoms with Gasteiger partial charge < -0.3 is 5.73 Å². The predicted molar refractivity (Wildman–Crippen MR) is 101 cm³/mol. The molecule has 0 spiro atoms. The van der Waals surface area contributed by atoms with Gasteiger partial charge in [0.25, 0.3) is 0 Å². The normalized spacial score (nSPS) is 11.8. The van der Waals surface area contributed by atoms with E-state index in [-0.39, 0.29) is 11.7 Å². The zero-order valence-corrected chi connectivity index (χ0v) is 14.8. The molecule has 4 nitrogen and oxygen atoms in total. The lowest BCUT2D eigenvalue weighted by Crippen LogP contribution is -2.29. The van der Waals surface area contributed by atoms with Gasteiger partial charge in [0.1, 0.15) is 0 Å². The molecule has 2 aromatic carbocycles. The van der Waals surface area contributed by atoms with Gasteiger partial charge in [-0.25, -0.2) is 4.79 Å². The molecule has 1 unspecified atom stereocenters. The van der Waals surface area contributed by atoms with Gasteiger partial charge in [-0.2, -0.15) is 0 Å². The molecule has 0 saturated heterocycles. The van der Waals surface area contributed by atoms with Crippen LogP contribution in [0.4, 0.5) is 0 Å². The number of nitrogens with zero attached hydrogens (tertiary/aromatic N) is 2. The average molecular weight is 325 g/mol. The van der Waals surface area contributed by atoms with Crippen molar-refractivity contribution < 1.29 is 0 Å². The topological polar surface area (TPSA) is 53.0 Å². The van der Waals surface area contributed by atoms with Crippen LogP contribution in [0.25, 0.3) is 11.0 Å². The van der Waals surface area contributed by atoms with Crippen LogP contribution in [0, 0.1) is 0 Å². The van der Waals surface area contributed by atoms with Gasteiger partial charge in [0.2, 0.25) is 0 Å². The third-order valence-corrected chi connectivity index (χ3v) is 4.12. The molecule has 0 saturated carbocycles. The van der Waals surface area contributed by atoms with Crippen LogP contribution in [0.3, 0.4) is 0 Å². The van der Waals surface area contributed by atoms with Crippen molar-refractivity contribution in [2.24, 2.45) is 5.73 Å². The Morgan fingerprint density at radius 3 is 2.12 bits per heavy atom. The average Bonchev–Trinajstić information content (AvgIpc) is 2.93. The lowest BCUT2D eigenvalue weighted by atomic mass is 10.0. The summed E-state index contributed by atoms with van der Waals surface area (Å²) in [7, 11) is 0. The summed E-state index contributed by atoms with van der Waals surface area (Å²) in [5, 5.41) is 0. The Hall–Kier alpha value is -2.33. The highest BCUT2D eigenvalue weighted by Crippen LogP contribution is 2.25. The molecule has 1 heterocycles. The lowest BCUT2D eigenvalue weighted by Gasteiger charge is -2.18. The van der Waals surface area contributed by atoms with Gasteiger partial charge in [0.15, 0.2) is 0 Å². The molecule has 0 aliphatic rings. The summed E-state index contributed by atoms with van der Waals surface area (Å²) in [5.41, 5.74) is 8.92. The van der Waals surface area contributed by atoms with Gasteiger partial charge in [-0.15, -0.1) is 0 Å². The predicted octanol–water partition coefficient (Wildman–Crippen LogP) is 3.79. The zero-order chi connectivity index (χ0) is 17.5. The van der Waals surface area contributed by atoms with E-state index in [1.807, 2.05) is 72.4 Å². The summed E-state index contributed by atoms with van der Waals surface area (Å²) in [5.74, 6) is 0. The summed E-state index contributed by atoms with van der Waals surface area (Å²) < 4.78 is 3.71. The monoisotopic (exact) mass is 325 g/mol. The van der Waals surface area contributed by atoms with E-state index in [1.54, 1.807) is 0 Å². The second kappa shape index (κ2) is 8.50. The highest BCUT2D eigenvalue weighted by Gasteiger charge is 2.20. The van der Waals surface area contributed by atoms with E-state index in [1.165, 1.54) is 0 Å². The van der Waals surface area contributed by atoms with E-state index in [9.17, 15) is 4.79 Å². The molecule has 128 valence electrons. The largest absolute Gasteiger partial charge is 0.330 e. The quantitative estimate of drug-likeness (QED) is 0.776. The summed E-state index contributed by atoms with van der Waals surface area (Å²) in [6.07, 6.45) is 0.738. The van der Waals surface area contributed by atoms with Crippen molar-refractivity contribution in [1.82, 2.24) is 9.13 Å². The molecule has 0 amide bonds. The van der Waals surface area contributed by atoms with Crippen LogP contribution in [-0.2, 0) is 6.54 Å². The summed E-state index contributed by atoms with van der Waals surface area (Å²) in [6, 6.07) is 18.0. The minimum absolute atomic E-state index is 0.0311. The summed E-state index contributed by atoms with van der Waals surface area (Å²) in [4.78, 5) is 12.9. The highest BCUT2D eigenvalue weighted by atomic mass is 16.1. The molecule has 4 heteroatoms. The van der Waals surface area contributed by atoms with Crippen LogP contribution in [0.15, 0.2) is 59.4 Å². The van der Waals surface area contributed by atoms with Gasteiger partial charge in [0, 0.05) is 6.54 Å². The molecule has 2 N–H and O–H groups in total. The van der Waals surface area contributed by atoms with Crippen LogP contribution in [-0.4, -0.2) is 15.7 Å². The van der Waals surface area contributed by atoms with E-state index in [2.05, 4.69) is 12.1 Å². The molecular weight excluding hydrogens is 298 g/mol. The maximum atomic E-state index is 12.9. The fourth-order valence-electron chi connectivity index (χ4n) is 3.12. The van der Waals surface area contributed by atoms with Crippen LogP contribution >= 0.6 is 0 Å². The highest BCUT2D eigenvalue weighted by molar-refractivity contribution is 5.76. The molecule has 3 aromatic rings. The number of fused-ring (bicyclic) bond motifs is 1. The Bertz CT molecular complexity index is 818. The Balaban J connectivity index is 0.00000100. The maximum Gasteiger partial charge on any atom is 0.329 e. The van der Waals surface area contributed by atoms with Crippen LogP contribution in [0.5, 0.6) is 0 Å². The molecule has 24 heavy (non-hydrogen) atoms. The van der Waals surface area contributed by atoms with E-state index in [0.29, 0.717) is 13.1 Å². The summed E-state index contributed by atoms with van der Waals surface area (Å²) in [6.45, 7) is 7.20. The Morgan fingerprint density at radius 1 is 0.958 bits per heavy atom. The van der Waals surface area contributed by atoms with Gasteiger partial charge in [-0.05, 0) is 37.6 Å². The lowest BCUT2D eigenvalue weighted by molar-refractivity contribution is 0.530. The first-order chi connectivity index (χ1) is 11.8. The number of hydrogen-bond donors (Lipinski definition) is 1. The van der Waals surface area contributed by atoms with Crippen LogP contribution < -0.4 is 11.4 Å². The maximum absolute atomic E-state index is 12.9. The first-order valence-corrected chi connectivity index (χ1v) is 8.72. The molecule has 0 bridgehead atoms. The Kier molecular flexibility index (Phi) is 6.38. The van der Waals surface area contributed by atoms with Gasteiger partial charge >= 0.3 is 5.69 Å². The molecule has 0 aliphatic carbocycles. The molecule has 1 atom stereocenters. The van der Waals surface area contributed by atoms with Crippen molar-refractivity contribution in [3.8, 4) is 0 Å². The number of benzene rings is 2. The third kappa shape index (κ3) is 3.29. The minimum atomic E-state index is -0.0311. The molecular formula is C20H27N3O. The first kappa shape index (κ1) is 18.0. The first-order valence-electron chi connectivity index (χ1n) is 8.72. The second-order valence-corrected chi connectivity index (χ2v) is 5.39. The standard InChI is InChI=1S/C18H21N3O.C2H6/c1-2-20-16-10-6-7-11-17(16)21(18(20)22)15(12-13-19)14-8-4-3-5-9-14;1-2/h3-11,15H,2,12-13,19H2,1H3;1-2H3. The molecule has 0 fully saturated rings. The number of hydrogen-bond acceptors (Lipinski definition) is 2. The number of para-hydroxylation sites is 2. The fraction of sp³-hybridized carbons (Fsp3) is 0.350. The smallest absolute Gasteiger partial charge is 0.329 e. The van der Waals surface area contributed by atoms with Crippen molar-refractivity contribution in [2.45, 2.75) is 39.8 Å². The minimum Gasteiger partial charge on any atom is -0.330 e. The zero-order valence-electron chi connectivity index (χ0n) is 14.8. The van der Waals surface area contributed by atoms with Crippen LogP contribution in [0.2, 0.25) is 0 Å². The molecule has 0 radical (unpaired) electrons. The van der Waals surface area contributed by atoms with Crippen molar-refractivity contribution in [3.63, 3.8) is 0 Å². The SMILES string of the molecule is CC.CCn1c(=O)n(C(CCN)c2ccccc2)c2ccccc21. The van der Waals surface area contributed by atoms with Crippen molar-refractivity contribution in [2.75, 3.05) is 6.54 Å². The number of nitrogens with two attached hydrogens (primary N) is 1. The van der Waals surface area contributed by atoms with Gasteiger partial charge in [-0.1, -0.05) is 56.3 Å². The molecule has 0 aliphatic heterocycles.